The van der Waals surface area contributed by atoms with Crippen molar-refractivity contribution >= 4 is 64.8 Å². The lowest BCUT2D eigenvalue weighted by Crippen LogP contribution is -2.35. The highest BCUT2D eigenvalue weighted by Crippen LogP contribution is 2.36. The number of hydrogen-bond acceptors (Lipinski definition) is 3. The van der Waals surface area contributed by atoms with Gasteiger partial charge in [-0.3, -0.25) is 0 Å². The molecule has 0 N–H and O–H groups in total. The smallest absolute Gasteiger partial charge is 0.206 e. The van der Waals surface area contributed by atoms with E-state index in [1.165, 1.54) is 10.4 Å². The Morgan fingerprint density at radius 3 is 2.56 bits per heavy atom. The van der Waals surface area contributed by atoms with E-state index in [4.69, 9.17) is 11.6 Å². The molecule has 0 saturated carbocycles. The molecule has 0 spiro atoms. The number of hydrogen-bond donors (Lipinski definition) is 0. The zero-order valence-corrected chi connectivity index (χ0v) is 14.1. The molecule has 0 bridgehead atoms. The third-order valence-electron chi connectivity index (χ3n) is 2.10. The monoisotopic (exact) mass is 409 g/mol. The standard InChI is InChI=1S/C8H10Br2ClNO2S2/c1-5(4-9)12(2)16(13,14)7-3-6(11)8(10)15-7/h3,5H,4H2,1-2H3. The van der Waals surface area contributed by atoms with Crippen LogP contribution in [0, 0.1) is 0 Å². The first-order valence-electron chi connectivity index (χ1n) is 4.29. The predicted octanol–water partition coefficient (Wildman–Crippen LogP) is 3.57. The van der Waals surface area contributed by atoms with Gasteiger partial charge in [0.2, 0.25) is 0 Å². The molecule has 16 heavy (non-hydrogen) atoms. The number of alkyl halides is 1. The Balaban J connectivity index is 3.11. The molecule has 1 unspecified atom stereocenters. The van der Waals surface area contributed by atoms with Gasteiger partial charge in [0.15, 0.2) is 0 Å². The molecule has 1 heterocycles. The summed E-state index contributed by atoms with van der Waals surface area (Å²) >= 11 is 13.4. The van der Waals surface area contributed by atoms with Crippen LogP contribution >= 0.6 is 54.8 Å². The van der Waals surface area contributed by atoms with Crippen molar-refractivity contribution in [2.24, 2.45) is 0 Å². The first kappa shape index (κ1) is 14.9. The average Bonchev–Trinajstić information content (AvgIpc) is 2.57. The van der Waals surface area contributed by atoms with E-state index in [-0.39, 0.29) is 10.3 Å². The summed E-state index contributed by atoms with van der Waals surface area (Å²) < 4.78 is 26.5. The van der Waals surface area contributed by atoms with Gasteiger partial charge in [0, 0.05) is 18.4 Å². The van der Waals surface area contributed by atoms with Crippen LogP contribution in [0.3, 0.4) is 0 Å². The van der Waals surface area contributed by atoms with Gasteiger partial charge in [0.1, 0.15) is 4.21 Å². The van der Waals surface area contributed by atoms with E-state index in [0.29, 0.717) is 14.1 Å². The van der Waals surface area contributed by atoms with Crippen molar-refractivity contribution in [2.75, 3.05) is 12.4 Å². The lowest BCUT2D eigenvalue weighted by molar-refractivity contribution is 0.417. The molecule has 0 amide bonds. The van der Waals surface area contributed by atoms with Crippen molar-refractivity contribution in [2.45, 2.75) is 17.2 Å². The second-order valence-electron chi connectivity index (χ2n) is 3.21. The molecule has 1 rings (SSSR count). The van der Waals surface area contributed by atoms with Crippen LogP contribution in [0.25, 0.3) is 0 Å². The van der Waals surface area contributed by atoms with E-state index in [1.807, 2.05) is 6.92 Å². The summed E-state index contributed by atoms with van der Waals surface area (Å²) in [4.78, 5) is 0. The van der Waals surface area contributed by atoms with E-state index >= 15 is 0 Å². The summed E-state index contributed by atoms with van der Waals surface area (Å²) in [7, 11) is -1.89. The molecule has 1 aromatic rings. The molecule has 1 aromatic heterocycles. The minimum atomic E-state index is -3.44. The summed E-state index contributed by atoms with van der Waals surface area (Å²) in [6, 6.07) is 1.35. The van der Waals surface area contributed by atoms with Gasteiger partial charge in [-0.15, -0.1) is 11.3 Å². The van der Waals surface area contributed by atoms with Gasteiger partial charge in [0.05, 0.1) is 8.81 Å². The van der Waals surface area contributed by atoms with Crippen LogP contribution in [0.2, 0.25) is 5.02 Å². The highest BCUT2D eigenvalue weighted by molar-refractivity contribution is 9.11. The van der Waals surface area contributed by atoms with Crippen molar-refractivity contribution in [3.8, 4) is 0 Å². The molecule has 3 nitrogen and oxygen atoms in total. The first-order valence-corrected chi connectivity index (χ1v) is 8.84. The van der Waals surface area contributed by atoms with Crippen LogP contribution in [0.15, 0.2) is 14.1 Å². The van der Waals surface area contributed by atoms with Crippen LogP contribution in [-0.2, 0) is 10.0 Å². The maximum absolute atomic E-state index is 12.1. The quantitative estimate of drug-likeness (QED) is 0.711. The summed E-state index contributed by atoms with van der Waals surface area (Å²) in [5.41, 5.74) is 0. The Morgan fingerprint density at radius 2 is 2.19 bits per heavy atom. The molecule has 0 radical (unpaired) electrons. The minimum absolute atomic E-state index is 0.107. The van der Waals surface area contributed by atoms with Gasteiger partial charge in [-0.2, -0.15) is 4.31 Å². The lowest BCUT2D eigenvalue weighted by Gasteiger charge is -2.21. The molecule has 0 aliphatic rings. The molecule has 92 valence electrons. The molecular formula is C8H10Br2ClNO2S2. The Labute approximate surface area is 121 Å². The van der Waals surface area contributed by atoms with E-state index in [0.717, 1.165) is 11.3 Å². The van der Waals surface area contributed by atoms with Crippen LogP contribution in [0.5, 0.6) is 0 Å². The highest BCUT2D eigenvalue weighted by atomic mass is 79.9. The zero-order valence-electron chi connectivity index (χ0n) is 8.58. The minimum Gasteiger partial charge on any atom is -0.206 e. The van der Waals surface area contributed by atoms with Crippen molar-refractivity contribution in [1.82, 2.24) is 4.31 Å². The number of sulfonamides is 1. The van der Waals surface area contributed by atoms with Crippen molar-refractivity contribution in [1.29, 1.82) is 0 Å². The Bertz CT molecular complexity index is 455. The fourth-order valence-corrected chi connectivity index (χ4v) is 5.50. The SMILES string of the molecule is CC(CBr)N(C)S(=O)(=O)c1cc(Cl)c(Br)s1. The third kappa shape index (κ3) is 3.00. The molecule has 0 aliphatic carbocycles. The van der Waals surface area contributed by atoms with E-state index in [1.54, 1.807) is 7.05 Å². The molecule has 0 fully saturated rings. The van der Waals surface area contributed by atoms with Crippen molar-refractivity contribution < 1.29 is 8.42 Å². The Hall–Kier alpha value is 0.860. The van der Waals surface area contributed by atoms with Gasteiger partial charge in [-0.25, -0.2) is 8.42 Å². The maximum Gasteiger partial charge on any atom is 0.252 e. The van der Waals surface area contributed by atoms with E-state index in [9.17, 15) is 8.42 Å². The van der Waals surface area contributed by atoms with Gasteiger partial charge < -0.3 is 0 Å². The summed E-state index contributed by atoms with van der Waals surface area (Å²) in [6.07, 6.45) is 0. The fraction of sp³-hybridized carbons (Fsp3) is 0.500. The highest BCUT2D eigenvalue weighted by Gasteiger charge is 2.27. The molecule has 0 aromatic carbocycles. The second kappa shape index (κ2) is 5.67. The Kier molecular flexibility index (Phi) is 5.28. The molecule has 1 atom stereocenters. The lowest BCUT2D eigenvalue weighted by atomic mass is 10.4. The summed E-state index contributed by atoms with van der Waals surface area (Å²) in [5, 5.41) is 1.01. The largest absolute Gasteiger partial charge is 0.252 e. The van der Waals surface area contributed by atoms with Gasteiger partial charge >= 0.3 is 0 Å². The number of rotatable bonds is 4. The first-order chi connectivity index (χ1) is 7.30. The van der Waals surface area contributed by atoms with Crippen molar-refractivity contribution in [3.63, 3.8) is 0 Å². The molecule has 0 aliphatic heterocycles. The van der Waals surface area contributed by atoms with E-state index < -0.39 is 10.0 Å². The second-order valence-corrected chi connectivity index (χ2v) is 8.86. The summed E-state index contributed by atoms with van der Waals surface area (Å²) in [6.45, 7) is 1.83. The fourth-order valence-electron chi connectivity index (χ4n) is 0.930. The summed E-state index contributed by atoms with van der Waals surface area (Å²) in [5.74, 6) is 0. The van der Waals surface area contributed by atoms with Crippen molar-refractivity contribution in [3.05, 3.63) is 14.9 Å². The molecule has 8 heteroatoms. The van der Waals surface area contributed by atoms with Crippen LogP contribution < -0.4 is 0 Å². The maximum atomic E-state index is 12.1. The zero-order chi connectivity index (χ0) is 12.5. The number of thiophene rings is 1. The van der Waals surface area contributed by atoms with Crippen LogP contribution in [-0.4, -0.2) is 31.1 Å². The van der Waals surface area contributed by atoms with Gasteiger partial charge in [-0.05, 0) is 28.9 Å². The topological polar surface area (TPSA) is 37.4 Å². The number of halogens is 3. The van der Waals surface area contributed by atoms with Gasteiger partial charge in [-0.1, -0.05) is 27.5 Å². The molecule has 0 saturated heterocycles. The van der Waals surface area contributed by atoms with Crippen LogP contribution in [0.1, 0.15) is 6.92 Å². The molecular weight excluding hydrogens is 401 g/mol. The van der Waals surface area contributed by atoms with E-state index in [2.05, 4.69) is 31.9 Å². The normalized spacial score (nSPS) is 14.4. The van der Waals surface area contributed by atoms with Crippen LogP contribution in [0.4, 0.5) is 0 Å². The predicted molar refractivity (Wildman–Crippen MR) is 75.2 cm³/mol. The third-order valence-corrected chi connectivity index (χ3v) is 7.93. The van der Waals surface area contributed by atoms with Gasteiger partial charge in [0.25, 0.3) is 10.0 Å². The Morgan fingerprint density at radius 1 is 1.62 bits per heavy atom. The number of nitrogens with zero attached hydrogens (tertiary/aromatic N) is 1. The average molecular weight is 412 g/mol.